The van der Waals surface area contributed by atoms with Crippen LogP contribution in [0.5, 0.6) is 0 Å². The predicted octanol–water partition coefficient (Wildman–Crippen LogP) is 0.000820. The number of nitriles is 4. The Hall–Kier alpha value is -1.51. The van der Waals surface area contributed by atoms with Gasteiger partial charge in [0, 0.05) is 27.7 Å². The van der Waals surface area contributed by atoms with Crippen molar-refractivity contribution in [2.45, 2.75) is 27.7 Å². The molecule has 0 fully saturated rings. The van der Waals surface area contributed by atoms with Crippen molar-refractivity contribution in [1.29, 1.82) is 21.0 Å². The summed E-state index contributed by atoms with van der Waals surface area (Å²) in [6, 6.07) is 7.00. The van der Waals surface area contributed by atoms with E-state index in [-0.39, 0.29) is 27.1 Å². The van der Waals surface area contributed by atoms with Crippen LogP contribution in [0, 0.1) is 45.3 Å². The molecule has 0 radical (unpaired) electrons. The Labute approximate surface area is 121 Å². The van der Waals surface area contributed by atoms with Crippen LogP contribution >= 0.6 is 0 Å². The SMILES string of the molecule is CC#N.CC#N.CC#N.CC#N.FB(F)F.[Ag+].[F-]. The van der Waals surface area contributed by atoms with Gasteiger partial charge in [-0.2, -0.15) is 21.0 Å². The molecule has 0 atom stereocenters. The molecule has 10 heteroatoms. The molecular formula is C8H12AgBF4N4. The minimum absolute atomic E-state index is 0. The van der Waals surface area contributed by atoms with E-state index in [1.165, 1.54) is 27.7 Å². The van der Waals surface area contributed by atoms with Gasteiger partial charge in [0.1, 0.15) is 0 Å². The van der Waals surface area contributed by atoms with Crippen molar-refractivity contribution in [3.63, 3.8) is 0 Å². The largest absolute Gasteiger partial charge is 1.00 e. The molecule has 106 valence electrons. The maximum absolute atomic E-state index is 9.67. The van der Waals surface area contributed by atoms with Gasteiger partial charge in [-0.1, -0.05) is 0 Å². The summed E-state index contributed by atoms with van der Waals surface area (Å²) in [4.78, 5) is 0. The van der Waals surface area contributed by atoms with Crippen molar-refractivity contribution in [1.82, 2.24) is 0 Å². The maximum atomic E-state index is 9.67. The first-order valence-corrected chi connectivity index (χ1v) is 3.55. The van der Waals surface area contributed by atoms with Gasteiger partial charge in [0.15, 0.2) is 0 Å². The van der Waals surface area contributed by atoms with Crippen molar-refractivity contribution in [3.05, 3.63) is 0 Å². The molecule has 0 aliphatic heterocycles. The standard InChI is InChI=1S/4C2H3N.Ag.BF3.FH/c4*1-2-3;;2-1(3)4;/h4*1H3;;;1H/q;;;;+1;;/p-1. The molecule has 0 heterocycles. The third-order valence-corrected chi connectivity index (χ3v) is 0. The number of hydrogen-bond acceptors (Lipinski definition) is 4. The third-order valence-electron chi connectivity index (χ3n) is 0. The number of rotatable bonds is 0. The number of nitrogens with zero attached hydrogens (tertiary/aromatic N) is 4. The summed E-state index contributed by atoms with van der Waals surface area (Å²) in [5.41, 5.74) is 0. The fourth-order valence-electron chi connectivity index (χ4n) is 0. The molecule has 0 spiro atoms. The van der Waals surface area contributed by atoms with E-state index in [2.05, 4.69) is 0 Å². The van der Waals surface area contributed by atoms with Crippen LogP contribution in [0.3, 0.4) is 0 Å². The Morgan fingerprint density at radius 3 is 0.667 bits per heavy atom. The molecule has 4 nitrogen and oxygen atoms in total. The van der Waals surface area contributed by atoms with Gasteiger partial charge in [0.25, 0.3) is 0 Å². The van der Waals surface area contributed by atoms with Crippen molar-refractivity contribution < 1.29 is 40.0 Å². The molecule has 0 aromatic rings. The van der Waals surface area contributed by atoms with Gasteiger partial charge in [-0.15, -0.1) is 0 Å². The number of hydrogen-bond donors (Lipinski definition) is 0. The molecule has 0 aromatic carbocycles. The first-order valence-electron chi connectivity index (χ1n) is 3.55. The molecule has 0 saturated heterocycles. The maximum Gasteiger partial charge on any atom is 1.00 e. The fraction of sp³-hybridized carbons (Fsp3) is 0.500. The van der Waals surface area contributed by atoms with Gasteiger partial charge in [0.2, 0.25) is 0 Å². The second-order valence-electron chi connectivity index (χ2n) is 1.14. The molecular weight excluding hydrogens is 347 g/mol. The summed E-state index contributed by atoms with van der Waals surface area (Å²) in [7, 11) is -3.67. The molecule has 0 bridgehead atoms. The zero-order valence-corrected chi connectivity index (χ0v) is 11.7. The van der Waals surface area contributed by atoms with Crippen LogP contribution in [0.4, 0.5) is 12.9 Å². The molecule has 0 aliphatic rings. The van der Waals surface area contributed by atoms with E-state index >= 15 is 0 Å². The molecule has 0 unspecified atom stereocenters. The van der Waals surface area contributed by atoms with Crippen molar-refractivity contribution in [2.24, 2.45) is 0 Å². The Balaban J connectivity index is -0.0000000164. The Morgan fingerprint density at radius 2 is 0.667 bits per heavy atom. The van der Waals surface area contributed by atoms with E-state index in [9.17, 15) is 12.9 Å². The van der Waals surface area contributed by atoms with E-state index in [1.807, 2.05) is 0 Å². The minimum Gasteiger partial charge on any atom is -1.00 e. The van der Waals surface area contributed by atoms with Crippen molar-refractivity contribution in [3.8, 4) is 24.3 Å². The van der Waals surface area contributed by atoms with Gasteiger partial charge in [-0.25, -0.2) is 0 Å². The average Bonchev–Trinajstić information content (AvgIpc) is 2.06. The smallest absolute Gasteiger partial charge is 1.00 e. The van der Waals surface area contributed by atoms with Crippen LogP contribution in [0.25, 0.3) is 0 Å². The average molecular weight is 359 g/mol. The van der Waals surface area contributed by atoms with Crippen molar-refractivity contribution in [2.75, 3.05) is 0 Å². The van der Waals surface area contributed by atoms with E-state index in [1.54, 1.807) is 24.3 Å². The topological polar surface area (TPSA) is 95.2 Å². The summed E-state index contributed by atoms with van der Waals surface area (Å²) in [5, 5.41) is 29.3. The monoisotopic (exact) mass is 358 g/mol. The van der Waals surface area contributed by atoms with Crippen LogP contribution in [-0.2, 0) is 22.4 Å². The molecule has 0 aliphatic carbocycles. The zero-order valence-electron chi connectivity index (χ0n) is 10.2. The summed E-state index contributed by atoms with van der Waals surface area (Å²) in [5.74, 6) is 0. The first-order chi connectivity index (χ1) is 7.39. The van der Waals surface area contributed by atoms with Gasteiger partial charge in [-0.3, -0.25) is 12.9 Å². The van der Waals surface area contributed by atoms with Crippen LogP contribution in [-0.4, -0.2) is 7.54 Å². The Bertz CT molecular complexity index is 201. The van der Waals surface area contributed by atoms with E-state index in [0.717, 1.165) is 0 Å². The fourth-order valence-corrected chi connectivity index (χ4v) is 0. The van der Waals surface area contributed by atoms with E-state index in [4.69, 9.17) is 21.0 Å². The Kier molecular flexibility index (Phi) is 264. The van der Waals surface area contributed by atoms with Gasteiger partial charge >= 0.3 is 29.9 Å². The predicted molar refractivity (Wildman–Crippen MR) is 54.2 cm³/mol. The van der Waals surface area contributed by atoms with E-state index < -0.39 is 7.54 Å². The number of halogens is 4. The van der Waals surface area contributed by atoms with Gasteiger partial charge in [0.05, 0.1) is 24.3 Å². The van der Waals surface area contributed by atoms with E-state index in [0.29, 0.717) is 0 Å². The second kappa shape index (κ2) is 108. The normalized spacial score (nSPS) is 3.28. The summed E-state index contributed by atoms with van der Waals surface area (Å²) in [6.07, 6.45) is 0. The second-order valence-corrected chi connectivity index (χ2v) is 1.14. The first kappa shape index (κ1) is 43.9. The molecule has 0 aromatic heterocycles. The molecule has 0 amide bonds. The zero-order chi connectivity index (χ0) is 14.4. The van der Waals surface area contributed by atoms with Gasteiger partial charge < -0.3 is 4.70 Å². The summed E-state index contributed by atoms with van der Waals surface area (Å²) in [6.45, 7) is 5.72. The van der Waals surface area contributed by atoms with Crippen LogP contribution in [0.15, 0.2) is 0 Å². The van der Waals surface area contributed by atoms with Crippen molar-refractivity contribution >= 4 is 7.54 Å². The van der Waals surface area contributed by atoms with Crippen LogP contribution in [0.2, 0.25) is 0 Å². The molecule has 0 saturated carbocycles. The summed E-state index contributed by atoms with van der Waals surface area (Å²) < 4.78 is 29.0. The van der Waals surface area contributed by atoms with Gasteiger partial charge in [-0.05, 0) is 0 Å². The molecule has 0 N–H and O–H groups in total. The molecule has 0 rings (SSSR count). The quantitative estimate of drug-likeness (QED) is 0.450. The third kappa shape index (κ3) is 1150. The molecule has 18 heavy (non-hydrogen) atoms. The minimum atomic E-state index is -3.67. The summed E-state index contributed by atoms with van der Waals surface area (Å²) >= 11 is 0. The van der Waals surface area contributed by atoms with Crippen LogP contribution < -0.4 is 4.70 Å². The Morgan fingerprint density at radius 1 is 0.667 bits per heavy atom. The van der Waals surface area contributed by atoms with Crippen LogP contribution in [0.1, 0.15) is 27.7 Å².